The summed E-state index contributed by atoms with van der Waals surface area (Å²) in [6.45, 7) is 3.62. The number of fused-ring (bicyclic) bond motifs is 1. The van der Waals surface area contributed by atoms with Crippen molar-refractivity contribution in [2.45, 2.75) is 13.8 Å². The van der Waals surface area contributed by atoms with Crippen molar-refractivity contribution in [1.29, 1.82) is 0 Å². The molecule has 17 heavy (non-hydrogen) atoms. The smallest absolute Gasteiger partial charge is 0.278 e. The summed E-state index contributed by atoms with van der Waals surface area (Å²) in [5, 5.41) is 8.10. The summed E-state index contributed by atoms with van der Waals surface area (Å²) >= 11 is 0. The van der Waals surface area contributed by atoms with Crippen LogP contribution in [0.3, 0.4) is 0 Å². The van der Waals surface area contributed by atoms with Crippen LogP contribution in [0.15, 0.2) is 17.0 Å². The molecular weight excluding hydrogens is 220 g/mol. The number of hydrogen-bond donors (Lipinski definition) is 1. The Morgan fingerprint density at radius 3 is 2.88 bits per heavy atom. The van der Waals surface area contributed by atoms with Crippen LogP contribution in [0.4, 0.5) is 5.69 Å². The van der Waals surface area contributed by atoms with E-state index in [0.717, 1.165) is 11.1 Å². The Labute approximate surface area is 96.3 Å². The number of nitrogen functional groups attached to an aromatic ring is 1. The number of nitrogens with zero attached hydrogens (tertiary/aromatic N) is 5. The van der Waals surface area contributed by atoms with E-state index in [-0.39, 0.29) is 0 Å². The molecule has 86 valence electrons. The fraction of sp³-hybridized carbons (Fsp3) is 0.200. The van der Waals surface area contributed by atoms with Crippen molar-refractivity contribution in [1.82, 2.24) is 24.7 Å². The average molecular weight is 230 g/mol. The molecule has 7 nitrogen and oxygen atoms in total. The van der Waals surface area contributed by atoms with Crippen molar-refractivity contribution in [2.24, 2.45) is 0 Å². The van der Waals surface area contributed by atoms with E-state index in [2.05, 4.69) is 20.2 Å². The number of aryl methyl sites for hydroxylation is 1. The molecule has 0 atom stereocenters. The molecule has 0 saturated carbocycles. The topological polar surface area (TPSA) is 95.1 Å². The van der Waals surface area contributed by atoms with Gasteiger partial charge in [-0.05, 0) is 13.8 Å². The lowest BCUT2D eigenvalue weighted by atomic mass is 10.2. The Morgan fingerprint density at radius 1 is 1.35 bits per heavy atom. The van der Waals surface area contributed by atoms with Crippen LogP contribution in [0.1, 0.15) is 11.4 Å². The van der Waals surface area contributed by atoms with Crippen LogP contribution in [0, 0.1) is 13.8 Å². The number of imidazole rings is 1. The summed E-state index contributed by atoms with van der Waals surface area (Å²) in [5.74, 6) is 0.924. The number of hydrogen-bond acceptors (Lipinski definition) is 6. The normalized spacial score (nSPS) is 11.2. The summed E-state index contributed by atoms with van der Waals surface area (Å²) in [6, 6.07) is 0. The first-order valence-electron chi connectivity index (χ1n) is 5.06. The lowest BCUT2D eigenvalue weighted by molar-refractivity contribution is 0.423. The third-order valence-electron chi connectivity index (χ3n) is 2.59. The second-order valence-electron chi connectivity index (χ2n) is 3.76. The standard InChI is InChI=1S/C10H10N6O/c1-5-8(11)7-3-12-4-16(7)14-9(5)10-13-6(2)15-17-10/h3-4H,11H2,1-2H3. The van der Waals surface area contributed by atoms with Crippen LogP contribution in [0.5, 0.6) is 0 Å². The zero-order chi connectivity index (χ0) is 12.0. The highest BCUT2D eigenvalue weighted by atomic mass is 16.5. The summed E-state index contributed by atoms with van der Waals surface area (Å²) in [6.07, 6.45) is 3.25. The van der Waals surface area contributed by atoms with Gasteiger partial charge in [-0.25, -0.2) is 9.50 Å². The van der Waals surface area contributed by atoms with Crippen LogP contribution in [0.2, 0.25) is 0 Å². The molecule has 0 fully saturated rings. The molecule has 3 rings (SSSR count). The first-order valence-corrected chi connectivity index (χ1v) is 5.06. The van der Waals surface area contributed by atoms with Gasteiger partial charge in [0.05, 0.1) is 11.9 Å². The zero-order valence-corrected chi connectivity index (χ0v) is 9.38. The maximum absolute atomic E-state index is 6.02. The highest BCUT2D eigenvalue weighted by Crippen LogP contribution is 2.26. The van der Waals surface area contributed by atoms with Gasteiger partial charge in [-0.15, -0.1) is 0 Å². The van der Waals surface area contributed by atoms with E-state index >= 15 is 0 Å². The predicted octanol–water partition coefficient (Wildman–Crippen LogP) is 0.978. The Hall–Kier alpha value is -2.44. The maximum Gasteiger partial charge on any atom is 0.278 e. The van der Waals surface area contributed by atoms with Gasteiger partial charge < -0.3 is 10.3 Å². The van der Waals surface area contributed by atoms with Crippen LogP contribution < -0.4 is 5.73 Å². The minimum Gasteiger partial charge on any atom is -0.397 e. The molecule has 0 bridgehead atoms. The van der Waals surface area contributed by atoms with E-state index in [1.165, 1.54) is 0 Å². The van der Waals surface area contributed by atoms with E-state index in [1.807, 2.05) is 6.92 Å². The monoisotopic (exact) mass is 230 g/mol. The van der Waals surface area contributed by atoms with Gasteiger partial charge in [0.25, 0.3) is 5.89 Å². The second kappa shape index (κ2) is 3.27. The highest BCUT2D eigenvalue weighted by molar-refractivity contribution is 5.76. The van der Waals surface area contributed by atoms with Crippen molar-refractivity contribution < 1.29 is 4.52 Å². The minimum absolute atomic E-state index is 0.363. The van der Waals surface area contributed by atoms with Crippen LogP contribution in [0.25, 0.3) is 17.1 Å². The van der Waals surface area contributed by atoms with Gasteiger partial charge >= 0.3 is 0 Å². The van der Waals surface area contributed by atoms with Gasteiger partial charge in [-0.2, -0.15) is 10.1 Å². The molecule has 0 spiro atoms. The first kappa shape index (κ1) is 9.76. The Kier molecular flexibility index (Phi) is 1.88. The molecule has 0 aliphatic heterocycles. The number of nitrogens with two attached hydrogens (primary N) is 1. The summed E-state index contributed by atoms with van der Waals surface area (Å²) in [5.41, 5.74) is 8.78. The molecular formula is C10H10N6O. The van der Waals surface area contributed by atoms with Crippen LogP contribution in [-0.4, -0.2) is 24.7 Å². The van der Waals surface area contributed by atoms with E-state index < -0.39 is 0 Å². The SMILES string of the molecule is Cc1noc(-c2nn3cncc3c(N)c2C)n1. The van der Waals surface area contributed by atoms with Gasteiger partial charge in [0.15, 0.2) is 11.5 Å². The van der Waals surface area contributed by atoms with E-state index in [1.54, 1.807) is 24.0 Å². The second-order valence-corrected chi connectivity index (χ2v) is 3.76. The van der Waals surface area contributed by atoms with Gasteiger partial charge in [0.1, 0.15) is 11.8 Å². The Morgan fingerprint density at radius 2 is 2.18 bits per heavy atom. The lowest BCUT2D eigenvalue weighted by Crippen LogP contribution is -2.02. The molecule has 0 amide bonds. The molecule has 0 aromatic carbocycles. The minimum atomic E-state index is 0.363. The summed E-state index contributed by atoms with van der Waals surface area (Å²) in [7, 11) is 0. The quantitative estimate of drug-likeness (QED) is 0.669. The van der Waals surface area contributed by atoms with Gasteiger partial charge in [0.2, 0.25) is 0 Å². The molecule has 7 heteroatoms. The van der Waals surface area contributed by atoms with Crippen molar-refractivity contribution in [3.8, 4) is 11.6 Å². The van der Waals surface area contributed by atoms with E-state index in [0.29, 0.717) is 23.1 Å². The van der Waals surface area contributed by atoms with Gasteiger partial charge in [-0.3, -0.25) is 0 Å². The Bertz CT molecular complexity index is 698. The summed E-state index contributed by atoms with van der Waals surface area (Å²) < 4.78 is 6.69. The summed E-state index contributed by atoms with van der Waals surface area (Å²) in [4.78, 5) is 8.14. The van der Waals surface area contributed by atoms with E-state index in [4.69, 9.17) is 10.3 Å². The van der Waals surface area contributed by atoms with E-state index in [9.17, 15) is 0 Å². The molecule has 0 aliphatic rings. The maximum atomic E-state index is 6.02. The Balaban J connectivity index is 2.32. The average Bonchev–Trinajstić information content (AvgIpc) is 2.91. The molecule has 0 aliphatic carbocycles. The van der Waals surface area contributed by atoms with Gasteiger partial charge in [-0.1, -0.05) is 5.16 Å². The molecule has 0 unspecified atom stereocenters. The first-order chi connectivity index (χ1) is 8.16. The zero-order valence-electron chi connectivity index (χ0n) is 9.38. The van der Waals surface area contributed by atoms with Crippen LogP contribution >= 0.6 is 0 Å². The number of anilines is 1. The van der Waals surface area contributed by atoms with Crippen LogP contribution in [-0.2, 0) is 0 Å². The van der Waals surface area contributed by atoms with Crippen molar-refractivity contribution >= 4 is 11.2 Å². The highest BCUT2D eigenvalue weighted by Gasteiger charge is 2.16. The van der Waals surface area contributed by atoms with Gasteiger partial charge in [0, 0.05) is 5.56 Å². The third-order valence-corrected chi connectivity index (χ3v) is 2.59. The van der Waals surface area contributed by atoms with Crippen molar-refractivity contribution in [3.63, 3.8) is 0 Å². The third kappa shape index (κ3) is 1.36. The molecule has 3 aromatic heterocycles. The fourth-order valence-corrected chi connectivity index (χ4v) is 1.66. The molecule has 2 N–H and O–H groups in total. The molecule has 0 saturated heterocycles. The molecule has 3 heterocycles. The molecule has 3 aromatic rings. The largest absolute Gasteiger partial charge is 0.397 e. The number of rotatable bonds is 1. The molecule has 0 radical (unpaired) electrons. The fourth-order valence-electron chi connectivity index (χ4n) is 1.66. The van der Waals surface area contributed by atoms with Crippen molar-refractivity contribution in [2.75, 3.05) is 5.73 Å². The predicted molar refractivity (Wildman–Crippen MR) is 60.2 cm³/mol. The lowest BCUT2D eigenvalue weighted by Gasteiger charge is -2.05. The number of aromatic nitrogens is 5. The van der Waals surface area contributed by atoms with Crippen molar-refractivity contribution in [3.05, 3.63) is 23.9 Å².